The van der Waals surface area contributed by atoms with Gasteiger partial charge in [-0.15, -0.1) is 0 Å². The van der Waals surface area contributed by atoms with E-state index < -0.39 is 34.3 Å². The molecule has 0 spiro atoms. The van der Waals surface area contributed by atoms with E-state index in [9.17, 15) is 17.6 Å². The molecule has 1 unspecified atom stereocenters. The number of carbonyl (C=O) groups is 1. The Morgan fingerprint density at radius 1 is 1.19 bits per heavy atom. The van der Waals surface area contributed by atoms with Crippen LogP contribution in [0.25, 0.3) is 11.4 Å². The van der Waals surface area contributed by atoms with Crippen molar-refractivity contribution in [2.24, 2.45) is 0 Å². The number of sulfonamides is 1. The standard InChI is InChI=1S/C24H26ClFN4O5S/c1-34-15-14-29(36(32,33)20-11-9-19(26)10-12-20)16-22(31)30-13-3-2-4-21(30)24-27-23(28-35-24)17-5-7-18(25)8-6-17/h5-12,21H,2-4,13-16H2,1H3. The van der Waals surface area contributed by atoms with Crippen LogP contribution in [0, 0.1) is 5.82 Å². The van der Waals surface area contributed by atoms with Gasteiger partial charge in [0.05, 0.1) is 18.0 Å². The molecule has 1 amide bonds. The number of hydrogen-bond acceptors (Lipinski definition) is 7. The molecule has 1 aromatic heterocycles. The second-order valence-electron chi connectivity index (χ2n) is 8.35. The van der Waals surface area contributed by atoms with E-state index in [1.54, 1.807) is 29.2 Å². The van der Waals surface area contributed by atoms with Crippen molar-refractivity contribution < 1.29 is 26.9 Å². The van der Waals surface area contributed by atoms with Crippen LogP contribution in [0.5, 0.6) is 0 Å². The van der Waals surface area contributed by atoms with Crippen molar-refractivity contribution in [3.8, 4) is 11.4 Å². The highest BCUT2D eigenvalue weighted by molar-refractivity contribution is 7.89. The SMILES string of the molecule is COCCN(CC(=O)N1CCCCC1c1nc(-c2ccc(Cl)cc2)no1)S(=O)(=O)c1ccc(F)cc1. The fourth-order valence-corrected chi connectivity index (χ4v) is 5.55. The maximum Gasteiger partial charge on any atom is 0.249 e. The molecule has 2 heterocycles. The van der Waals surface area contributed by atoms with Gasteiger partial charge >= 0.3 is 0 Å². The Hall–Kier alpha value is -2.86. The van der Waals surface area contributed by atoms with Crippen LogP contribution in [0.15, 0.2) is 57.9 Å². The lowest BCUT2D eigenvalue weighted by molar-refractivity contribution is -0.136. The monoisotopic (exact) mass is 536 g/mol. The minimum absolute atomic E-state index is 0.0400. The fourth-order valence-electron chi connectivity index (χ4n) is 4.05. The van der Waals surface area contributed by atoms with Gasteiger partial charge in [0.2, 0.25) is 27.6 Å². The van der Waals surface area contributed by atoms with Crippen molar-refractivity contribution in [1.29, 1.82) is 0 Å². The van der Waals surface area contributed by atoms with Crippen LogP contribution in [-0.4, -0.2) is 67.0 Å². The third-order valence-electron chi connectivity index (χ3n) is 5.96. The molecule has 9 nitrogen and oxygen atoms in total. The summed E-state index contributed by atoms with van der Waals surface area (Å²) in [6.45, 7) is 0.0710. The molecule has 1 fully saturated rings. The molecule has 36 heavy (non-hydrogen) atoms. The molecule has 0 aliphatic carbocycles. The smallest absolute Gasteiger partial charge is 0.249 e. The summed E-state index contributed by atoms with van der Waals surface area (Å²) >= 11 is 5.95. The van der Waals surface area contributed by atoms with E-state index in [-0.39, 0.29) is 23.9 Å². The number of likely N-dealkylation sites (tertiary alicyclic amines) is 1. The van der Waals surface area contributed by atoms with Gasteiger partial charge in [-0.25, -0.2) is 12.8 Å². The maximum atomic E-state index is 13.4. The first kappa shape index (κ1) is 26.2. The number of nitrogens with zero attached hydrogens (tertiary/aromatic N) is 4. The van der Waals surface area contributed by atoms with Crippen LogP contribution in [0.4, 0.5) is 4.39 Å². The third-order valence-corrected chi connectivity index (χ3v) is 8.07. The second-order valence-corrected chi connectivity index (χ2v) is 10.7. The minimum atomic E-state index is -4.06. The van der Waals surface area contributed by atoms with Crippen molar-refractivity contribution in [3.63, 3.8) is 0 Å². The molecule has 0 saturated carbocycles. The van der Waals surface area contributed by atoms with Gasteiger partial charge in [-0.2, -0.15) is 9.29 Å². The van der Waals surface area contributed by atoms with Gasteiger partial charge in [0.1, 0.15) is 11.9 Å². The third kappa shape index (κ3) is 5.92. The normalized spacial score (nSPS) is 16.4. The Morgan fingerprint density at radius 3 is 2.61 bits per heavy atom. The topological polar surface area (TPSA) is 106 Å². The number of rotatable bonds is 9. The zero-order valence-corrected chi connectivity index (χ0v) is 21.2. The molecule has 1 atom stereocenters. The van der Waals surface area contributed by atoms with E-state index in [0.717, 1.165) is 34.8 Å². The first-order valence-corrected chi connectivity index (χ1v) is 13.2. The summed E-state index contributed by atoms with van der Waals surface area (Å²) in [4.78, 5) is 19.4. The number of piperidine rings is 1. The summed E-state index contributed by atoms with van der Waals surface area (Å²) in [5, 5.41) is 4.64. The highest BCUT2D eigenvalue weighted by atomic mass is 35.5. The molecule has 1 aliphatic rings. The van der Waals surface area contributed by atoms with Crippen LogP contribution >= 0.6 is 11.6 Å². The first-order chi connectivity index (χ1) is 17.3. The minimum Gasteiger partial charge on any atom is -0.383 e. The summed E-state index contributed by atoms with van der Waals surface area (Å²) in [5.74, 6) is -0.284. The Bertz CT molecular complexity index is 1280. The van der Waals surface area contributed by atoms with Gasteiger partial charge in [0, 0.05) is 30.8 Å². The highest BCUT2D eigenvalue weighted by Crippen LogP contribution is 2.32. The predicted octanol–water partition coefficient (Wildman–Crippen LogP) is 3.92. The lowest BCUT2D eigenvalue weighted by Crippen LogP contribution is -2.46. The van der Waals surface area contributed by atoms with Crippen molar-refractivity contribution in [3.05, 3.63) is 65.3 Å². The molecule has 192 valence electrons. The fraction of sp³-hybridized carbons (Fsp3) is 0.375. The molecule has 1 aliphatic heterocycles. The number of benzene rings is 2. The highest BCUT2D eigenvalue weighted by Gasteiger charge is 2.35. The number of aromatic nitrogens is 2. The van der Waals surface area contributed by atoms with Gasteiger partial charge in [0.15, 0.2) is 0 Å². The lowest BCUT2D eigenvalue weighted by Gasteiger charge is -2.34. The Balaban J connectivity index is 1.55. The van der Waals surface area contributed by atoms with E-state index >= 15 is 0 Å². The Kier molecular flexibility index (Phi) is 8.35. The van der Waals surface area contributed by atoms with Crippen molar-refractivity contribution in [2.75, 3.05) is 33.4 Å². The van der Waals surface area contributed by atoms with Crippen molar-refractivity contribution in [2.45, 2.75) is 30.2 Å². The summed E-state index contributed by atoms with van der Waals surface area (Å²) in [6, 6.07) is 11.0. The molecule has 1 saturated heterocycles. The number of halogens is 2. The average molecular weight is 537 g/mol. The van der Waals surface area contributed by atoms with Crippen LogP contribution in [-0.2, 0) is 19.6 Å². The van der Waals surface area contributed by atoms with Gasteiger partial charge < -0.3 is 14.2 Å². The van der Waals surface area contributed by atoms with E-state index in [4.69, 9.17) is 20.9 Å². The zero-order chi connectivity index (χ0) is 25.7. The predicted molar refractivity (Wildman–Crippen MR) is 130 cm³/mol. The molecule has 12 heteroatoms. The van der Waals surface area contributed by atoms with Gasteiger partial charge in [-0.1, -0.05) is 16.8 Å². The van der Waals surface area contributed by atoms with E-state index in [1.165, 1.54) is 19.2 Å². The molecule has 4 rings (SSSR count). The van der Waals surface area contributed by atoms with E-state index in [1.807, 2.05) is 0 Å². The molecular formula is C24H26ClFN4O5S. The van der Waals surface area contributed by atoms with E-state index in [0.29, 0.717) is 23.8 Å². The van der Waals surface area contributed by atoms with Crippen molar-refractivity contribution in [1.82, 2.24) is 19.3 Å². The summed E-state index contributed by atoms with van der Waals surface area (Å²) in [7, 11) is -2.62. The summed E-state index contributed by atoms with van der Waals surface area (Å²) in [6.07, 6.45) is 2.23. The van der Waals surface area contributed by atoms with Gasteiger partial charge in [-0.05, 0) is 67.8 Å². The Morgan fingerprint density at radius 2 is 1.92 bits per heavy atom. The Labute approximate surface area is 213 Å². The number of ether oxygens (including phenoxy) is 1. The lowest BCUT2D eigenvalue weighted by atomic mass is 10.0. The van der Waals surface area contributed by atoms with Gasteiger partial charge in [-0.3, -0.25) is 4.79 Å². The van der Waals surface area contributed by atoms with Crippen molar-refractivity contribution >= 4 is 27.5 Å². The van der Waals surface area contributed by atoms with Gasteiger partial charge in [0.25, 0.3) is 0 Å². The molecule has 3 aromatic rings. The number of hydrogen-bond donors (Lipinski definition) is 0. The van der Waals surface area contributed by atoms with Crippen LogP contribution in [0.2, 0.25) is 5.02 Å². The zero-order valence-electron chi connectivity index (χ0n) is 19.6. The summed E-state index contributed by atoms with van der Waals surface area (Å²) < 4.78 is 51.4. The molecular weight excluding hydrogens is 511 g/mol. The van der Waals surface area contributed by atoms with Crippen LogP contribution in [0.3, 0.4) is 0 Å². The number of carbonyl (C=O) groups excluding carboxylic acids is 1. The largest absolute Gasteiger partial charge is 0.383 e. The molecule has 0 radical (unpaired) electrons. The van der Waals surface area contributed by atoms with Crippen LogP contribution < -0.4 is 0 Å². The molecule has 0 bridgehead atoms. The quantitative estimate of drug-likeness (QED) is 0.408. The average Bonchev–Trinajstić information content (AvgIpc) is 3.37. The first-order valence-electron chi connectivity index (χ1n) is 11.4. The second kappa shape index (κ2) is 11.5. The number of amides is 1. The number of methoxy groups -OCH3 is 1. The van der Waals surface area contributed by atoms with Crippen LogP contribution in [0.1, 0.15) is 31.2 Å². The van der Waals surface area contributed by atoms with E-state index in [2.05, 4.69) is 10.1 Å². The molecule has 0 N–H and O–H groups in total. The summed E-state index contributed by atoms with van der Waals surface area (Å²) in [5.41, 5.74) is 0.721. The maximum absolute atomic E-state index is 13.4. The molecule has 2 aromatic carbocycles.